The number of unbranched alkanes of at least 4 members (excludes halogenated alkanes) is 5. The van der Waals surface area contributed by atoms with Crippen LogP contribution in [0.4, 0.5) is 0 Å². The molecule has 2 atom stereocenters. The Labute approximate surface area is 114 Å². The molecule has 0 amide bonds. The van der Waals surface area contributed by atoms with Gasteiger partial charge in [0.1, 0.15) is 0 Å². The number of rotatable bonds is 12. The Morgan fingerprint density at radius 2 is 1.72 bits per heavy atom. The van der Waals surface area contributed by atoms with Crippen LogP contribution in [0.25, 0.3) is 0 Å². The first kappa shape index (κ1) is 16.0. The largest absolute Gasteiger partial charge is 0.380 e. The van der Waals surface area contributed by atoms with Gasteiger partial charge in [0.05, 0.1) is 6.10 Å². The average molecular weight is 255 g/mol. The number of hydrogen-bond donors (Lipinski definition) is 1. The normalized spacial score (nSPS) is 18.8. The van der Waals surface area contributed by atoms with Crippen molar-refractivity contribution >= 4 is 0 Å². The van der Waals surface area contributed by atoms with Crippen molar-refractivity contribution in [3.05, 3.63) is 0 Å². The standard InChI is InChI=1S/C16H33NO/c1-4-6-7-8-9-10-11-15(17-5-2)16(18-3)14-12-13-14/h14-17H,4-13H2,1-3H3. The van der Waals surface area contributed by atoms with E-state index in [-0.39, 0.29) is 0 Å². The maximum absolute atomic E-state index is 5.72. The molecule has 0 aromatic carbocycles. The van der Waals surface area contributed by atoms with Gasteiger partial charge < -0.3 is 10.1 Å². The van der Waals surface area contributed by atoms with Crippen LogP contribution < -0.4 is 5.32 Å². The predicted molar refractivity (Wildman–Crippen MR) is 79.0 cm³/mol. The number of methoxy groups -OCH3 is 1. The first-order valence-electron chi connectivity index (χ1n) is 8.09. The molecule has 2 heteroatoms. The summed E-state index contributed by atoms with van der Waals surface area (Å²) in [6, 6.07) is 0.582. The van der Waals surface area contributed by atoms with Crippen LogP contribution in [0.5, 0.6) is 0 Å². The minimum atomic E-state index is 0.459. The van der Waals surface area contributed by atoms with Crippen molar-refractivity contribution in [2.45, 2.75) is 83.8 Å². The van der Waals surface area contributed by atoms with E-state index < -0.39 is 0 Å². The fourth-order valence-electron chi connectivity index (χ4n) is 2.90. The van der Waals surface area contributed by atoms with Crippen molar-refractivity contribution < 1.29 is 4.74 Å². The van der Waals surface area contributed by atoms with Crippen molar-refractivity contribution in [1.82, 2.24) is 5.32 Å². The quantitative estimate of drug-likeness (QED) is 0.529. The molecule has 2 unspecified atom stereocenters. The molecule has 0 saturated heterocycles. The third-order valence-corrected chi connectivity index (χ3v) is 4.09. The Bertz CT molecular complexity index is 192. The maximum atomic E-state index is 5.72. The fraction of sp³-hybridized carbons (Fsp3) is 1.00. The summed E-state index contributed by atoms with van der Waals surface area (Å²) in [6.07, 6.45) is 12.8. The molecule has 2 nitrogen and oxygen atoms in total. The van der Waals surface area contributed by atoms with Gasteiger partial charge in [0, 0.05) is 13.2 Å². The molecule has 1 fully saturated rings. The van der Waals surface area contributed by atoms with Crippen LogP contribution in [0.3, 0.4) is 0 Å². The highest BCUT2D eigenvalue weighted by Gasteiger charge is 2.36. The van der Waals surface area contributed by atoms with E-state index >= 15 is 0 Å². The Morgan fingerprint density at radius 3 is 2.28 bits per heavy atom. The second-order valence-electron chi connectivity index (χ2n) is 5.76. The number of nitrogens with one attached hydrogen (secondary N) is 1. The lowest BCUT2D eigenvalue weighted by Crippen LogP contribution is -2.42. The van der Waals surface area contributed by atoms with E-state index in [1.165, 1.54) is 57.8 Å². The van der Waals surface area contributed by atoms with E-state index in [1.54, 1.807) is 0 Å². The lowest BCUT2D eigenvalue weighted by Gasteiger charge is -2.27. The molecule has 108 valence electrons. The zero-order chi connectivity index (χ0) is 13.2. The summed E-state index contributed by atoms with van der Waals surface area (Å²) in [6.45, 7) is 5.54. The van der Waals surface area contributed by atoms with Gasteiger partial charge in [-0.1, -0.05) is 52.4 Å². The van der Waals surface area contributed by atoms with E-state index in [1.807, 2.05) is 7.11 Å². The molecule has 1 saturated carbocycles. The lowest BCUT2D eigenvalue weighted by molar-refractivity contribution is 0.0480. The van der Waals surface area contributed by atoms with E-state index in [4.69, 9.17) is 4.74 Å². The summed E-state index contributed by atoms with van der Waals surface area (Å²) in [7, 11) is 1.88. The molecule has 0 aliphatic heterocycles. The summed E-state index contributed by atoms with van der Waals surface area (Å²) in [4.78, 5) is 0. The Kier molecular flexibility index (Phi) is 8.70. The van der Waals surface area contributed by atoms with Crippen molar-refractivity contribution in [3.63, 3.8) is 0 Å². The first-order chi connectivity index (χ1) is 8.83. The fourth-order valence-corrected chi connectivity index (χ4v) is 2.90. The average Bonchev–Trinajstić information content (AvgIpc) is 3.19. The molecule has 18 heavy (non-hydrogen) atoms. The molecule has 1 aliphatic carbocycles. The minimum Gasteiger partial charge on any atom is -0.380 e. The summed E-state index contributed by atoms with van der Waals surface area (Å²) < 4.78 is 5.72. The number of likely N-dealkylation sites (N-methyl/N-ethyl adjacent to an activating group) is 1. The molecule has 0 bridgehead atoms. The second kappa shape index (κ2) is 9.80. The maximum Gasteiger partial charge on any atom is 0.0752 e. The smallest absolute Gasteiger partial charge is 0.0752 e. The van der Waals surface area contributed by atoms with Gasteiger partial charge in [-0.05, 0) is 31.7 Å². The molecular formula is C16H33NO. The predicted octanol–water partition coefficient (Wildman–Crippen LogP) is 4.14. The van der Waals surface area contributed by atoms with Crippen LogP contribution in [0.1, 0.15) is 71.6 Å². The first-order valence-corrected chi connectivity index (χ1v) is 8.09. The molecule has 1 rings (SSSR count). The Hall–Kier alpha value is -0.0800. The summed E-state index contributed by atoms with van der Waals surface area (Å²) in [5, 5.41) is 3.63. The zero-order valence-corrected chi connectivity index (χ0v) is 12.7. The second-order valence-corrected chi connectivity index (χ2v) is 5.76. The van der Waals surface area contributed by atoms with Crippen LogP contribution in [0, 0.1) is 5.92 Å². The Balaban J connectivity index is 2.16. The molecule has 0 heterocycles. The monoisotopic (exact) mass is 255 g/mol. The highest BCUT2D eigenvalue weighted by Crippen LogP contribution is 2.36. The van der Waals surface area contributed by atoms with Crippen molar-refractivity contribution in [3.8, 4) is 0 Å². The van der Waals surface area contributed by atoms with Crippen LogP contribution in [-0.2, 0) is 4.74 Å². The van der Waals surface area contributed by atoms with Gasteiger partial charge in [0.15, 0.2) is 0 Å². The van der Waals surface area contributed by atoms with Crippen molar-refractivity contribution in [2.24, 2.45) is 5.92 Å². The van der Waals surface area contributed by atoms with Gasteiger partial charge in [-0.15, -0.1) is 0 Å². The number of hydrogen-bond acceptors (Lipinski definition) is 2. The van der Waals surface area contributed by atoms with Crippen molar-refractivity contribution in [1.29, 1.82) is 0 Å². The lowest BCUT2D eigenvalue weighted by atomic mass is 9.99. The SMILES string of the molecule is CCCCCCCCC(NCC)C(OC)C1CC1. The molecule has 0 spiro atoms. The highest BCUT2D eigenvalue weighted by atomic mass is 16.5. The van der Waals surface area contributed by atoms with Crippen LogP contribution in [0.2, 0.25) is 0 Å². The summed E-state index contributed by atoms with van der Waals surface area (Å²) in [5.41, 5.74) is 0. The zero-order valence-electron chi connectivity index (χ0n) is 12.7. The van der Waals surface area contributed by atoms with Crippen LogP contribution >= 0.6 is 0 Å². The van der Waals surface area contributed by atoms with Crippen LogP contribution in [-0.4, -0.2) is 25.8 Å². The molecule has 0 aromatic rings. The van der Waals surface area contributed by atoms with E-state index in [2.05, 4.69) is 19.2 Å². The molecule has 1 aliphatic rings. The molecular weight excluding hydrogens is 222 g/mol. The summed E-state index contributed by atoms with van der Waals surface area (Å²) in [5.74, 6) is 0.833. The molecule has 0 radical (unpaired) electrons. The van der Waals surface area contributed by atoms with Crippen molar-refractivity contribution in [2.75, 3.05) is 13.7 Å². The Morgan fingerprint density at radius 1 is 1.06 bits per heavy atom. The number of ether oxygens (including phenoxy) is 1. The topological polar surface area (TPSA) is 21.3 Å². The van der Waals surface area contributed by atoms with Gasteiger partial charge in [0.2, 0.25) is 0 Å². The van der Waals surface area contributed by atoms with E-state index in [0.29, 0.717) is 12.1 Å². The van der Waals surface area contributed by atoms with E-state index in [9.17, 15) is 0 Å². The van der Waals surface area contributed by atoms with Crippen LogP contribution in [0.15, 0.2) is 0 Å². The molecule has 0 aromatic heterocycles. The highest BCUT2D eigenvalue weighted by molar-refractivity contribution is 4.90. The van der Waals surface area contributed by atoms with Gasteiger partial charge in [-0.25, -0.2) is 0 Å². The van der Waals surface area contributed by atoms with E-state index in [0.717, 1.165) is 12.5 Å². The van der Waals surface area contributed by atoms with Gasteiger partial charge >= 0.3 is 0 Å². The van der Waals surface area contributed by atoms with Gasteiger partial charge in [0.25, 0.3) is 0 Å². The van der Waals surface area contributed by atoms with Gasteiger partial charge in [-0.3, -0.25) is 0 Å². The molecule has 1 N–H and O–H groups in total. The third-order valence-electron chi connectivity index (χ3n) is 4.09. The van der Waals surface area contributed by atoms with Gasteiger partial charge in [-0.2, -0.15) is 0 Å². The minimum absolute atomic E-state index is 0.459. The third kappa shape index (κ3) is 6.19. The summed E-state index contributed by atoms with van der Waals surface area (Å²) >= 11 is 0.